The summed E-state index contributed by atoms with van der Waals surface area (Å²) >= 11 is 0. The molecule has 0 bridgehead atoms. The Labute approximate surface area is 206 Å². The number of methoxy groups -OCH3 is 1. The van der Waals surface area contributed by atoms with Crippen LogP contribution in [0.4, 0.5) is 0 Å². The Morgan fingerprint density at radius 1 is 1.03 bits per heavy atom. The van der Waals surface area contributed by atoms with Crippen LogP contribution in [0.3, 0.4) is 0 Å². The molecule has 0 amide bonds. The van der Waals surface area contributed by atoms with Crippen LogP contribution < -0.4 is 15.0 Å². The number of pyridine rings is 2. The molecule has 10 heteroatoms. The van der Waals surface area contributed by atoms with Gasteiger partial charge >= 0.3 is 6.01 Å². The summed E-state index contributed by atoms with van der Waals surface area (Å²) in [6, 6.07) is 11.5. The van der Waals surface area contributed by atoms with E-state index in [4.69, 9.17) is 14.5 Å². The van der Waals surface area contributed by atoms with Crippen molar-refractivity contribution in [1.29, 1.82) is 0 Å². The molecule has 0 saturated carbocycles. The van der Waals surface area contributed by atoms with E-state index < -0.39 is 0 Å². The van der Waals surface area contributed by atoms with Gasteiger partial charge in [0, 0.05) is 36.3 Å². The lowest BCUT2D eigenvalue weighted by Gasteiger charge is -2.23. The first-order valence-corrected chi connectivity index (χ1v) is 11.8. The topological polar surface area (TPSA) is 100 Å². The van der Waals surface area contributed by atoms with Crippen LogP contribution in [0.5, 0.6) is 11.9 Å². The molecule has 36 heavy (non-hydrogen) atoms. The lowest BCUT2D eigenvalue weighted by molar-refractivity contribution is 0.267. The quantitative estimate of drug-likeness (QED) is 0.376. The molecule has 5 aromatic rings. The van der Waals surface area contributed by atoms with Gasteiger partial charge in [0.15, 0.2) is 5.65 Å². The molecule has 0 saturated heterocycles. The molecule has 0 spiro atoms. The smallest absolute Gasteiger partial charge is 0.318 e. The van der Waals surface area contributed by atoms with Crippen molar-refractivity contribution in [1.82, 2.24) is 34.0 Å². The first-order valence-electron chi connectivity index (χ1n) is 11.8. The fraction of sp³-hybridized carbons (Fsp3) is 0.269. The SMILES string of the molecule is CCOc1ncc2cc(-c3ccc4nc5n(c4c3)CCN(C)C5)c(=O)n(-c3ccc(OC)nc3)c2n1. The molecule has 0 N–H and O–H groups in total. The van der Waals surface area contributed by atoms with E-state index >= 15 is 0 Å². The number of hydrogen-bond acceptors (Lipinski definition) is 8. The Bertz CT molecular complexity index is 1660. The van der Waals surface area contributed by atoms with Crippen LogP contribution >= 0.6 is 0 Å². The predicted molar refractivity (Wildman–Crippen MR) is 136 cm³/mol. The van der Waals surface area contributed by atoms with Crippen LogP contribution in [-0.2, 0) is 13.1 Å². The first kappa shape index (κ1) is 22.2. The van der Waals surface area contributed by atoms with Crippen molar-refractivity contribution in [2.45, 2.75) is 20.0 Å². The summed E-state index contributed by atoms with van der Waals surface area (Å²) in [7, 11) is 3.65. The second-order valence-corrected chi connectivity index (χ2v) is 8.74. The molecule has 182 valence electrons. The van der Waals surface area contributed by atoms with Gasteiger partial charge in [-0.15, -0.1) is 0 Å². The van der Waals surface area contributed by atoms with E-state index in [2.05, 4.69) is 31.5 Å². The van der Waals surface area contributed by atoms with Gasteiger partial charge < -0.3 is 14.0 Å². The predicted octanol–water partition coefficient (Wildman–Crippen LogP) is 3.05. The van der Waals surface area contributed by atoms with Crippen molar-refractivity contribution in [2.24, 2.45) is 0 Å². The Hall–Kier alpha value is -4.31. The molecule has 0 unspecified atom stereocenters. The Balaban J connectivity index is 1.58. The lowest BCUT2D eigenvalue weighted by atomic mass is 10.0. The molecule has 1 aromatic carbocycles. The summed E-state index contributed by atoms with van der Waals surface area (Å²) in [6.07, 6.45) is 3.28. The molecule has 0 atom stereocenters. The van der Waals surface area contributed by atoms with Gasteiger partial charge in [-0.25, -0.2) is 15.0 Å². The highest BCUT2D eigenvalue weighted by Gasteiger charge is 2.20. The number of nitrogens with zero attached hydrogens (tertiary/aromatic N) is 7. The van der Waals surface area contributed by atoms with E-state index in [0.29, 0.717) is 34.8 Å². The van der Waals surface area contributed by atoms with Gasteiger partial charge in [-0.1, -0.05) is 6.07 Å². The molecule has 1 aliphatic rings. The molecule has 10 nitrogen and oxygen atoms in total. The van der Waals surface area contributed by atoms with Crippen LogP contribution in [-0.4, -0.2) is 61.3 Å². The van der Waals surface area contributed by atoms with Gasteiger partial charge in [-0.2, -0.15) is 4.98 Å². The maximum atomic E-state index is 14.0. The highest BCUT2D eigenvalue weighted by atomic mass is 16.5. The van der Waals surface area contributed by atoms with Crippen molar-refractivity contribution < 1.29 is 9.47 Å². The third-order valence-electron chi connectivity index (χ3n) is 6.44. The average molecular weight is 484 g/mol. The maximum Gasteiger partial charge on any atom is 0.318 e. The normalized spacial score (nSPS) is 13.8. The minimum Gasteiger partial charge on any atom is -0.481 e. The minimum atomic E-state index is -0.215. The number of rotatable bonds is 5. The van der Waals surface area contributed by atoms with E-state index in [-0.39, 0.29) is 11.6 Å². The van der Waals surface area contributed by atoms with Crippen molar-refractivity contribution in [2.75, 3.05) is 27.3 Å². The highest BCUT2D eigenvalue weighted by molar-refractivity contribution is 5.87. The summed E-state index contributed by atoms with van der Waals surface area (Å²) in [5, 5.41) is 0.709. The Morgan fingerprint density at radius 2 is 1.92 bits per heavy atom. The summed E-state index contributed by atoms with van der Waals surface area (Å²) in [5.41, 5.74) is 4.09. The molecule has 0 radical (unpaired) electrons. The van der Waals surface area contributed by atoms with Gasteiger partial charge in [-0.05, 0) is 43.8 Å². The molecule has 0 aliphatic carbocycles. The van der Waals surface area contributed by atoms with Gasteiger partial charge in [0.2, 0.25) is 5.88 Å². The van der Waals surface area contributed by atoms with Crippen LogP contribution in [0.2, 0.25) is 0 Å². The first-order chi connectivity index (χ1) is 17.6. The fourth-order valence-corrected chi connectivity index (χ4v) is 4.65. The van der Waals surface area contributed by atoms with E-state index in [1.165, 1.54) is 0 Å². The summed E-state index contributed by atoms with van der Waals surface area (Å²) in [6.45, 7) is 4.90. The zero-order chi connectivity index (χ0) is 24.8. The molecule has 0 fully saturated rings. The number of hydrogen-bond donors (Lipinski definition) is 0. The number of aromatic nitrogens is 6. The second-order valence-electron chi connectivity index (χ2n) is 8.74. The fourth-order valence-electron chi connectivity index (χ4n) is 4.65. The zero-order valence-corrected chi connectivity index (χ0v) is 20.3. The van der Waals surface area contributed by atoms with Crippen molar-refractivity contribution in [3.63, 3.8) is 0 Å². The number of ether oxygens (including phenoxy) is 2. The summed E-state index contributed by atoms with van der Waals surface area (Å²) in [4.78, 5) is 34.2. The number of imidazole rings is 1. The molecular formula is C26H25N7O3. The summed E-state index contributed by atoms with van der Waals surface area (Å²) in [5.74, 6) is 1.49. The number of fused-ring (bicyclic) bond motifs is 4. The second kappa shape index (κ2) is 8.72. The minimum absolute atomic E-state index is 0.213. The van der Waals surface area contributed by atoms with E-state index in [9.17, 15) is 4.79 Å². The molecule has 6 rings (SSSR count). The molecule has 1 aliphatic heterocycles. The van der Waals surface area contributed by atoms with Crippen molar-refractivity contribution >= 4 is 22.1 Å². The van der Waals surface area contributed by atoms with Crippen molar-refractivity contribution in [3.05, 3.63) is 65.0 Å². The van der Waals surface area contributed by atoms with Gasteiger partial charge in [0.05, 0.1) is 43.2 Å². The average Bonchev–Trinajstić information content (AvgIpc) is 3.25. The van der Waals surface area contributed by atoms with Crippen LogP contribution in [0.1, 0.15) is 12.7 Å². The number of benzene rings is 1. The van der Waals surface area contributed by atoms with Crippen LogP contribution in [0.15, 0.2) is 53.6 Å². The third kappa shape index (κ3) is 3.66. The van der Waals surface area contributed by atoms with E-state index in [1.54, 1.807) is 36.2 Å². The Kier molecular flexibility index (Phi) is 5.37. The zero-order valence-electron chi connectivity index (χ0n) is 20.3. The maximum absolute atomic E-state index is 14.0. The Morgan fingerprint density at radius 3 is 2.69 bits per heavy atom. The number of likely N-dealkylation sites (N-methyl/N-ethyl adjacent to an activating group) is 1. The molecular weight excluding hydrogens is 458 g/mol. The lowest BCUT2D eigenvalue weighted by Crippen LogP contribution is -2.30. The van der Waals surface area contributed by atoms with Gasteiger partial charge in [0.25, 0.3) is 5.56 Å². The van der Waals surface area contributed by atoms with Gasteiger partial charge in [-0.3, -0.25) is 14.3 Å². The molecule has 5 heterocycles. The van der Waals surface area contributed by atoms with E-state index in [1.807, 2.05) is 31.2 Å². The van der Waals surface area contributed by atoms with Crippen molar-refractivity contribution in [3.8, 4) is 28.7 Å². The van der Waals surface area contributed by atoms with Crippen LogP contribution in [0, 0.1) is 0 Å². The van der Waals surface area contributed by atoms with Gasteiger partial charge in [0.1, 0.15) is 5.82 Å². The highest BCUT2D eigenvalue weighted by Crippen LogP contribution is 2.28. The monoisotopic (exact) mass is 483 g/mol. The van der Waals surface area contributed by atoms with Crippen LogP contribution in [0.25, 0.3) is 38.9 Å². The molecule has 4 aromatic heterocycles. The largest absolute Gasteiger partial charge is 0.481 e. The third-order valence-corrected chi connectivity index (χ3v) is 6.44. The van der Waals surface area contributed by atoms with E-state index in [0.717, 1.165) is 42.1 Å². The standard InChI is InChI=1S/C26H25N7O3/c1-4-36-26-28-13-17-11-19(25(34)33(24(17)30-26)18-6-8-23(35-3)27-14-18)16-5-7-20-21(12-16)32-10-9-31(2)15-22(32)29-20/h5-8,11-14H,4,9-10,15H2,1-3H3. The summed E-state index contributed by atoms with van der Waals surface area (Å²) < 4.78 is 14.5.